The van der Waals surface area contributed by atoms with Crippen molar-refractivity contribution in [2.24, 2.45) is 4.99 Å². The van der Waals surface area contributed by atoms with Crippen LogP contribution in [0.1, 0.15) is 27.3 Å². The third-order valence-electron chi connectivity index (χ3n) is 5.27. The molecule has 3 aromatic rings. The number of carbonyl (C=O) groups is 1. The van der Waals surface area contributed by atoms with Crippen LogP contribution in [0.4, 0.5) is 5.82 Å². The monoisotopic (exact) mass is 460 g/mol. The van der Waals surface area contributed by atoms with Crippen molar-refractivity contribution in [3.63, 3.8) is 0 Å². The summed E-state index contributed by atoms with van der Waals surface area (Å²) in [5, 5.41) is 2.63. The van der Waals surface area contributed by atoms with Gasteiger partial charge >= 0.3 is 6.01 Å². The van der Waals surface area contributed by atoms with Gasteiger partial charge in [-0.2, -0.15) is 9.97 Å². The minimum atomic E-state index is -0.131. The minimum absolute atomic E-state index is 0.131. The van der Waals surface area contributed by atoms with Crippen LogP contribution in [-0.2, 0) is 17.7 Å². The van der Waals surface area contributed by atoms with E-state index >= 15 is 0 Å². The highest BCUT2D eigenvalue weighted by molar-refractivity contribution is 5.95. The number of aromatic nitrogens is 3. The molecule has 1 aromatic carbocycles. The molecule has 1 aliphatic heterocycles. The van der Waals surface area contributed by atoms with Crippen LogP contribution in [0, 0.1) is 0 Å². The molecule has 0 unspecified atom stereocenters. The summed E-state index contributed by atoms with van der Waals surface area (Å²) in [5.74, 6) is 0.673. The highest BCUT2D eigenvalue weighted by Gasteiger charge is 2.15. The fourth-order valence-electron chi connectivity index (χ4n) is 3.50. The van der Waals surface area contributed by atoms with Crippen molar-refractivity contribution in [1.29, 1.82) is 0 Å². The Morgan fingerprint density at radius 2 is 2.03 bits per heavy atom. The van der Waals surface area contributed by atoms with E-state index in [-0.39, 0.29) is 5.91 Å². The molecule has 3 heterocycles. The lowest BCUT2D eigenvalue weighted by Crippen LogP contribution is -2.37. The van der Waals surface area contributed by atoms with Gasteiger partial charge in [0.25, 0.3) is 5.91 Å². The van der Waals surface area contributed by atoms with Gasteiger partial charge in [-0.15, -0.1) is 0 Å². The number of benzene rings is 1. The van der Waals surface area contributed by atoms with Crippen LogP contribution in [0.25, 0.3) is 0 Å². The first-order valence-electron chi connectivity index (χ1n) is 11.3. The third-order valence-corrected chi connectivity index (χ3v) is 5.27. The molecular formula is C25H28N6O3. The van der Waals surface area contributed by atoms with Gasteiger partial charge in [0, 0.05) is 56.3 Å². The second kappa shape index (κ2) is 11.9. The number of morpholine rings is 1. The Labute approximate surface area is 198 Å². The van der Waals surface area contributed by atoms with Crippen LogP contribution in [0.2, 0.25) is 0 Å². The highest BCUT2D eigenvalue weighted by Crippen LogP contribution is 2.19. The van der Waals surface area contributed by atoms with Gasteiger partial charge in [-0.3, -0.25) is 14.8 Å². The van der Waals surface area contributed by atoms with Crippen LogP contribution in [-0.4, -0.2) is 67.0 Å². The molecule has 9 heteroatoms. The van der Waals surface area contributed by atoms with Crippen molar-refractivity contribution in [3.05, 3.63) is 77.2 Å². The van der Waals surface area contributed by atoms with Gasteiger partial charge in [-0.1, -0.05) is 18.2 Å². The molecule has 34 heavy (non-hydrogen) atoms. The van der Waals surface area contributed by atoms with E-state index in [2.05, 4.69) is 30.2 Å². The Morgan fingerprint density at radius 1 is 1.15 bits per heavy atom. The molecule has 4 rings (SSSR count). The van der Waals surface area contributed by atoms with E-state index in [9.17, 15) is 4.79 Å². The number of rotatable bonds is 9. The van der Waals surface area contributed by atoms with E-state index in [0.29, 0.717) is 44.4 Å². The number of amides is 1. The summed E-state index contributed by atoms with van der Waals surface area (Å²) < 4.78 is 11.4. The maximum atomic E-state index is 11.9. The number of hydrogen-bond donors (Lipinski definition) is 1. The van der Waals surface area contributed by atoms with Gasteiger partial charge < -0.3 is 19.7 Å². The summed E-state index contributed by atoms with van der Waals surface area (Å²) in [4.78, 5) is 32.1. The molecule has 0 saturated carbocycles. The molecule has 0 atom stereocenters. The van der Waals surface area contributed by atoms with E-state index in [0.717, 1.165) is 35.9 Å². The lowest BCUT2D eigenvalue weighted by Gasteiger charge is -2.28. The average molecular weight is 461 g/mol. The number of anilines is 1. The number of ether oxygens (including phenoxy) is 2. The van der Waals surface area contributed by atoms with Gasteiger partial charge in [-0.05, 0) is 29.8 Å². The molecule has 0 aliphatic carbocycles. The minimum Gasteiger partial charge on any atom is -0.463 e. The molecule has 9 nitrogen and oxygen atoms in total. The van der Waals surface area contributed by atoms with E-state index < -0.39 is 0 Å². The summed E-state index contributed by atoms with van der Waals surface area (Å²) in [6, 6.07) is 15.4. The van der Waals surface area contributed by atoms with Crippen molar-refractivity contribution < 1.29 is 14.3 Å². The number of nitrogens with one attached hydrogen (secondary N) is 1. The van der Waals surface area contributed by atoms with E-state index in [1.54, 1.807) is 31.6 Å². The molecule has 1 N–H and O–H groups in total. The van der Waals surface area contributed by atoms with Crippen molar-refractivity contribution in [3.8, 4) is 6.01 Å². The van der Waals surface area contributed by atoms with Crippen LogP contribution in [0.5, 0.6) is 6.01 Å². The largest absolute Gasteiger partial charge is 0.463 e. The number of hydrogen-bond acceptors (Lipinski definition) is 8. The molecule has 0 radical (unpaired) electrons. The standard InChI is InChI=1S/C25H28N6O3/c1-26-24(32)20-6-4-5-19(15-20)17-27-18-22-16-23(31-10-13-33-14-11-31)30-25(29-22)34-12-8-21-7-2-3-9-28-21/h2-7,9,15-17H,8,10-14,18H2,1H3,(H,26,32). The number of nitrogens with zero attached hydrogens (tertiary/aromatic N) is 5. The number of aliphatic imine (C=N–C) groups is 1. The van der Waals surface area contributed by atoms with E-state index in [1.807, 2.05) is 36.4 Å². The molecule has 2 aromatic heterocycles. The normalized spacial score (nSPS) is 13.7. The lowest BCUT2D eigenvalue weighted by molar-refractivity contribution is 0.0963. The Bertz CT molecular complexity index is 1120. The predicted molar refractivity (Wildman–Crippen MR) is 130 cm³/mol. The predicted octanol–water partition coefficient (Wildman–Crippen LogP) is 2.31. The summed E-state index contributed by atoms with van der Waals surface area (Å²) in [6.45, 7) is 3.64. The average Bonchev–Trinajstić information content (AvgIpc) is 2.89. The summed E-state index contributed by atoms with van der Waals surface area (Å²) in [6.07, 6.45) is 4.18. The van der Waals surface area contributed by atoms with Gasteiger partial charge in [0.15, 0.2) is 0 Å². The number of pyridine rings is 1. The molecular weight excluding hydrogens is 432 g/mol. The summed E-state index contributed by atoms with van der Waals surface area (Å²) in [5.41, 5.74) is 3.14. The van der Waals surface area contributed by atoms with E-state index in [1.165, 1.54) is 0 Å². The molecule has 0 spiro atoms. The van der Waals surface area contributed by atoms with Gasteiger partial charge in [0.2, 0.25) is 0 Å². The van der Waals surface area contributed by atoms with Crippen LogP contribution < -0.4 is 15.0 Å². The fraction of sp³-hybridized carbons (Fsp3) is 0.320. The zero-order valence-corrected chi connectivity index (χ0v) is 19.2. The maximum Gasteiger partial charge on any atom is 0.318 e. The van der Waals surface area contributed by atoms with Crippen molar-refractivity contribution in [1.82, 2.24) is 20.3 Å². The molecule has 176 valence electrons. The summed E-state index contributed by atoms with van der Waals surface area (Å²) >= 11 is 0. The van der Waals surface area contributed by atoms with Crippen LogP contribution in [0.15, 0.2) is 59.7 Å². The van der Waals surface area contributed by atoms with Crippen molar-refractivity contribution in [2.45, 2.75) is 13.0 Å². The Morgan fingerprint density at radius 3 is 2.82 bits per heavy atom. The lowest BCUT2D eigenvalue weighted by atomic mass is 10.1. The van der Waals surface area contributed by atoms with Crippen LogP contribution >= 0.6 is 0 Å². The highest BCUT2D eigenvalue weighted by atomic mass is 16.5. The first-order chi connectivity index (χ1) is 16.7. The van der Waals surface area contributed by atoms with Gasteiger partial charge in [-0.25, -0.2) is 0 Å². The maximum absolute atomic E-state index is 11.9. The molecule has 1 fully saturated rings. The topological polar surface area (TPSA) is 102 Å². The Hall–Kier alpha value is -3.85. The van der Waals surface area contributed by atoms with Gasteiger partial charge in [0.05, 0.1) is 32.1 Å². The first-order valence-corrected chi connectivity index (χ1v) is 11.3. The molecule has 1 amide bonds. The Balaban J connectivity index is 1.47. The molecule has 1 saturated heterocycles. The van der Waals surface area contributed by atoms with Gasteiger partial charge in [0.1, 0.15) is 5.82 Å². The Kier molecular flexibility index (Phi) is 8.13. The van der Waals surface area contributed by atoms with Crippen molar-refractivity contribution in [2.75, 3.05) is 44.9 Å². The fourth-order valence-corrected chi connectivity index (χ4v) is 3.50. The second-order valence-electron chi connectivity index (χ2n) is 7.69. The zero-order valence-electron chi connectivity index (χ0n) is 19.2. The van der Waals surface area contributed by atoms with Crippen molar-refractivity contribution >= 4 is 17.9 Å². The molecule has 0 bridgehead atoms. The third kappa shape index (κ3) is 6.58. The zero-order chi connectivity index (χ0) is 23.6. The molecule has 1 aliphatic rings. The van der Waals surface area contributed by atoms with E-state index in [4.69, 9.17) is 9.47 Å². The quantitative estimate of drug-likeness (QED) is 0.489. The SMILES string of the molecule is CNC(=O)c1cccc(C=NCc2cc(N3CCOCC3)nc(OCCc3ccccn3)n2)c1. The van der Waals surface area contributed by atoms with Crippen LogP contribution in [0.3, 0.4) is 0 Å². The number of carbonyl (C=O) groups excluding carboxylic acids is 1. The second-order valence-corrected chi connectivity index (χ2v) is 7.69. The first kappa shape index (κ1) is 23.3. The summed E-state index contributed by atoms with van der Waals surface area (Å²) in [7, 11) is 1.61. The smallest absolute Gasteiger partial charge is 0.318 e.